The second-order valence-electron chi connectivity index (χ2n) is 5.98. The Labute approximate surface area is 126 Å². The maximum atomic E-state index is 12.5. The lowest BCUT2D eigenvalue weighted by Crippen LogP contribution is -2.59. The molecule has 1 aliphatic heterocycles. The van der Waals surface area contributed by atoms with Gasteiger partial charge in [-0.3, -0.25) is 4.79 Å². The molecule has 0 saturated carbocycles. The number of carbonyl (C=O) groups excluding carboxylic acids is 3. The molecule has 0 aliphatic carbocycles. The van der Waals surface area contributed by atoms with Crippen LogP contribution in [0.25, 0.3) is 0 Å². The monoisotopic (exact) mass is 324 g/mol. The summed E-state index contributed by atoms with van der Waals surface area (Å²) in [7, 11) is 0. The molecule has 2 amide bonds. The number of hydrogen-bond acceptors (Lipinski definition) is 4. The molecule has 6 nitrogen and oxygen atoms in total. The average Bonchev–Trinajstić information content (AvgIpc) is 2.35. The molecule has 0 spiro atoms. The van der Waals surface area contributed by atoms with Crippen molar-refractivity contribution in [2.45, 2.75) is 45.0 Å². The predicted octanol–water partition coefficient (Wildman–Crippen LogP) is 1.59. The Morgan fingerprint density at radius 2 is 1.82 bits per heavy atom. The van der Waals surface area contributed by atoms with Gasteiger partial charge in [0.15, 0.2) is 0 Å². The van der Waals surface area contributed by atoms with Crippen LogP contribution in [0, 0.1) is 0 Å². The minimum atomic E-state index is -4.97. The van der Waals surface area contributed by atoms with Crippen molar-refractivity contribution < 1.29 is 32.3 Å². The lowest BCUT2D eigenvalue weighted by molar-refractivity contribution is -0.187. The molecular weight excluding hydrogens is 305 g/mol. The van der Waals surface area contributed by atoms with Gasteiger partial charge in [0, 0.05) is 26.1 Å². The Kier molecular flexibility index (Phi) is 5.42. The summed E-state index contributed by atoms with van der Waals surface area (Å²) in [4.78, 5) is 35.8. The largest absolute Gasteiger partial charge is 0.471 e. The highest BCUT2D eigenvalue weighted by Crippen LogP contribution is 2.23. The Morgan fingerprint density at radius 3 is 2.27 bits per heavy atom. The second kappa shape index (κ2) is 6.53. The molecule has 1 unspecified atom stereocenters. The van der Waals surface area contributed by atoms with Crippen LogP contribution in [0.3, 0.4) is 0 Å². The van der Waals surface area contributed by atoms with Crippen molar-refractivity contribution in [2.24, 2.45) is 0 Å². The summed E-state index contributed by atoms with van der Waals surface area (Å²) in [5.41, 5.74) is -0.762. The molecule has 1 aliphatic rings. The summed E-state index contributed by atoms with van der Waals surface area (Å²) >= 11 is 0. The van der Waals surface area contributed by atoms with E-state index in [0.717, 1.165) is 0 Å². The van der Waals surface area contributed by atoms with Crippen LogP contribution in [0.5, 0.6) is 0 Å². The number of halogens is 3. The summed E-state index contributed by atoms with van der Waals surface area (Å²) in [5, 5.41) is 0. The van der Waals surface area contributed by atoms with E-state index in [0.29, 0.717) is 11.2 Å². The Balaban J connectivity index is 2.82. The normalized spacial score (nSPS) is 19.8. The minimum Gasteiger partial charge on any atom is -0.444 e. The second-order valence-corrected chi connectivity index (χ2v) is 5.98. The Morgan fingerprint density at radius 1 is 1.23 bits per heavy atom. The van der Waals surface area contributed by atoms with E-state index in [-0.39, 0.29) is 26.1 Å². The number of nitrogens with zero attached hydrogens (tertiary/aromatic N) is 2. The average molecular weight is 324 g/mol. The van der Waals surface area contributed by atoms with Crippen LogP contribution < -0.4 is 0 Å². The predicted molar refractivity (Wildman–Crippen MR) is 70.0 cm³/mol. The number of hydrogen-bond donors (Lipinski definition) is 0. The summed E-state index contributed by atoms with van der Waals surface area (Å²) in [6.45, 7) is 4.24. The zero-order valence-corrected chi connectivity index (χ0v) is 12.6. The van der Waals surface area contributed by atoms with Crippen LogP contribution in [0.15, 0.2) is 0 Å². The van der Waals surface area contributed by atoms with E-state index in [4.69, 9.17) is 4.74 Å². The molecule has 0 aromatic rings. The number of aldehydes is 1. The smallest absolute Gasteiger partial charge is 0.444 e. The van der Waals surface area contributed by atoms with Crippen molar-refractivity contribution in [3.05, 3.63) is 0 Å². The van der Waals surface area contributed by atoms with Crippen LogP contribution in [0.1, 0.15) is 27.2 Å². The summed E-state index contributed by atoms with van der Waals surface area (Å²) in [6, 6.07) is -0.826. The van der Waals surface area contributed by atoms with E-state index >= 15 is 0 Å². The number of alkyl halides is 3. The quantitative estimate of drug-likeness (QED) is 0.724. The van der Waals surface area contributed by atoms with Crippen molar-refractivity contribution in [1.29, 1.82) is 0 Å². The summed E-state index contributed by atoms with van der Waals surface area (Å²) < 4.78 is 42.5. The third-order valence-corrected chi connectivity index (χ3v) is 3.01. The number of carbonyl (C=O) groups is 3. The third-order valence-electron chi connectivity index (χ3n) is 3.01. The lowest BCUT2D eigenvalue weighted by atomic mass is 10.1. The molecule has 0 radical (unpaired) electrons. The van der Waals surface area contributed by atoms with E-state index < -0.39 is 29.8 Å². The zero-order valence-electron chi connectivity index (χ0n) is 12.6. The van der Waals surface area contributed by atoms with Gasteiger partial charge in [-0.1, -0.05) is 0 Å². The molecule has 0 bridgehead atoms. The van der Waals surface area contributed by atoms with E-state index in [1.165, 1.54) is 4.90 Å². The van der Waals surface area contributed by atoms with Gasteiger partial charge < -0.3 is 19.3 Å². The molecule has 0 aromatic heterocycles. The summed E-state index contributed by atoms with van der Waals surface area (Å²) in [6.07, 6.45) is -5.34. The number of amides is 2. The zero-order chi connectivity index (χ0) is 17.1. The first-order valence-corrected chi connectivity index (χ1v) is 6.75. The first-order valence-electron chi connectivity index (χ1n) is 6.75. The molecule has 22 heavy (non-hydrogen) atoms. The molecule has 1 atom stereocenters. The van der Waals surface area contributed by atoms with Gasteiger partial charge in [-0.25, -0.2) is 4.79 Å². The van der Waals surface area contributed by atoms with E-state index in [1.54, 1.807) is 20.8 Å². The maximum absolute atomic E-state index is 12.5. The minimum absolute atomic E-state index is 0.116. The first-order chi connectivity index (χ1) is 9.95. The fourth-order valence-corrected chi connectivity index (χ4v) is 2.09. The van der Waals surface area contributed by atoms with Gasteiger partial charge in [-0.15, -0.1) is 0 Å². The van der Waals surface area contributed by atoms with E-state index in [9.17, 15) is 27.6 Å². The summed E-state index contributed by atoms with van der Waals surface area (Å²) in [5.74, 6) is -1.97. The fourth-order valence-electron chi connectivity index (χ4n) is 2.09. The standard InChI is InChI=1S/C13H19F3N2O4/c1-12(2,3)22-11(21)18-6-5-17(8-9(18)4-7-19)10(20)13(14,15)16/h7,9H,4-6,8H2,1-3H3. The van der Waals surface area contributed by atoms with Gasteiger partial charge in [-0.2, -0.15) is 13.2 Å². The van der Waals surface area contributed by atoms with Crippen molar-refractivity contribution in [3.8, 4) is 0 Å². The Bertz CT molecular complexity index is 446. The molecular formula is C13H19F3N2O4. The van der Waals surface area contributed by atoms with Crippen LogP contribution in [0.2, 0.25) is 0 Å². The molecule has 1 fully saturated rings. The molecule has 126 valence electrons. The highest BCUT2D eigenvalue weighted by atomic mass is 19.4. The number of ether oxygens (including phenoxy) is 1. The maximum Gasteiger partial charge on any atom is 0.471 e. The Hall–Kier alpha value is -1.80. The molecule has 0 N–H and O–H groups in total. The van der Waals surface area contributed by atoms with E-state index in [1.807, 2.05) is 0 Å². The topological polar surface area (TPSA) is 66.9 Å². The van der Waals surface area contributed by atoms with Crippen LogP contribution in [0.4, 0.5) is 18.0 Å². The molecule has 0 aromatic carbocycles. The van der Waals surface area contributed by atoms with Crippen molar-refractivity contribution >= 4 is 18.3 Å². The highest BCUT2D eigenvalue weighted by molar-refractivity contribution is 5.82. The molecule has 9 heteroatoms. The van der Waals surface area contributed by atoms with Crippen molar-refractivity contribution in [1.82, 2.24) is 9.80 Å². The van der Waals surface area contributed by atoms with Gasteiger partial charge >= 0.3 is 18.2 Å². The van der Waals surface area contributed by atoms with Gasteiger partial charge in [0.25, 0.3) is 0 Å². The first kappa shape index (κ1) is 18.2. The lowest BCUT2D eigenvalue weighted by Gasteiger charge is -2.41. The van der Waals surface area contributed by atoms with Gasteiger partial charge in [-0.05, 0) is 20.8 Å². The van der Waals surface area contributed by atoms with Crippen molar-refractivity contribution in [3.63, 3.8) is 0 Å². The van der Waals surface area contributed by atoms with Crippen molar-refractivity contribution in [2.75, 3.05) is 19.6 Å². The van der Waals surface area contributed by atoms with Crippen LogP contribution in [-0.4, -0.2) is 65.5 Å². The number of rotatable bonds is 2. The molecule has 1 rings (SSSR count). The van der Waals surface area contributed by atoms with Gasteiger partial charge in [0.1, 0.15) is 11.9 Å². The molecule has 1 heterocycles. The molecule has 1 saturated heterocycles. The van der Waals surface area contributed by atoms with E-state index in [2.05, 4.69) is 0 Å². The number of piperazine rings is 1. The van der Waals surface area contributed by atoms with Crippen LogP contribution >= 0.6 is 0 Å². The van der Waals surface area contributed by atoms with Crippen LogP contribution in [-0.2, 0) is 14.3 Å². The SMILES string of the molecule is CC(C)(C)OC(=O)N1CCN(C(=O)C(F)(F)F)CC1CC=O. The third kappa shape index (κ3) is 4.88. The highest BCUT2D eigenvalue weighted by Gasteiger charge is 2.45. The fraction of sp³-hybridized carbons (Fsp3) is 0.769. The van der Waals surface area contributed by atoms with Gasteiger partial charge in [0.2, 0.25) is 0 Å². The van der Waals surface area contributed by atoms with Gasteiger partial charge in [0.05, 0.1) is 6.04 Å².